The first-order chi connectivity index (χ1) is 11.7. The summed E-state index contributed by atoms with van der Waals surface area (Å²) in [4.78, 5) is 20.3. The third-order valence-electron chi connectivity index (χ3n) is 3.39. The van der Waals surface area contributed by atoms with Crippen molar-refractivity contribution in [2.24, 2.45) is 4.99 Å². The molecule has 2 heterocycles. The Bertz CT molecular complexity index is 667. The third kappa shape index (κ3) is 5.42. The minimum atomic E-state index is -0.185. The van der Waals surface area contributed by atoms with Crippen molar-refractivity contribution in [3.05, 3.63) is 53.7 Å². The number of guanidine groups is 1. The van der Waals surface area contributed by atoms with Crippen molar-refractivity contribution in [1.82, 2.24) is 20.9 Å². The maximum absolute atomic E-state index is 11.9. The van der Waals surface area contributed by atoms with Crippen LogP contribution in [0.1, 0.15) is 28.2 Å². The molecule has 0 bridgehead atoms. The van der Waals surface area contributed by atoms with E-state index in [1.165, 1.54) is 6.26 Å². The van der Waals surface area contributed by atoms with E-state index in [0.29, 0.717) is 31.4 Å². The number of furan rings is 1. The second-order valence-electron chi connectivity index (χ2n) is 5.22. The van der Waals surface area contributed by atoms with Gasteiger partial charge in [-0.3, -0.25) is 14.8 Å². The first kappa shape index (κ1) is 17.5. The maximum atomic E-state index is 11.9. The van der Waals surface area contributed by atoms with E-state index in [9.17, 15) is 4.79 Å². The predicted molar refractivity (Wildman–Crippen MR) is 92.8 cm³/mol. The highest BCUT2D eigenvalue weighted by Gasteiger charge is 2.11. The molecule has 7 nitrogen and oxygen atoms in total. The molecule has 0 radical (unpaired) electrons. The number of aliphatic imine (C=N–C) groups is 1. The van der Waals surface area contributed by atoms with Crippen LogP contribution in [0.25, 0.3) is 0 Å². The molecule has 3 N–H and O–H groups in total. The van der Waals surface area contributed by atoms with Crippen LogP contribution in [-0.2, 0) is 6.54 Å². The Hall–Kier alpha value is -2.83. The Morgan fingerprint density at radius 1 is 1.21 bits per heavy atom. The standard InChI is InChI=1S/C17H23N5O2/c1-13-7-11-24-15(13)16(23)20-9-5-10-21-17(18-2)22-12-14-6-3-4-8-19-14/h3-4,6-8,11H,5,9-10,12H2,1-2H3,(H,20,23)(H2,18,21,22). The van der Waals surface area contributed by atoms with Gasteiger partial charge in [-0.15, -0.1) is 0 Å². The number of amides is 1. The van der Waals surface area contributed by atoms with Crippen LogP contribution in [-0.4, -0.2) is 37.0 Å². The highest BCUT2D eigenvalue weighted by Crippen LogP contribution is 2.07. The summed E-state index contributed by atoms with van der Waals surface area (Å²) < 4.78 is 5.15. The molecular formula is C17H23N5O2. The molecule has 0 spiro atoms. The van der Waals surface area contributed by atoms with Crippen LogP contribution in [0.4, 0.5) is 0 Å². The van der Waals surface area contributed by atoms with Crippen molar-refractivity contribution in [3.63, 3.8) is 0 Å². The first-order valence-corrected chi connectivity index (χ1v) is 7.87. The third-order valence-corrected chi connectivity index (χ3v) is 3.39. The number of hydrogen-bond acceptors (Lipinski definition) is 4. The highest BCUT2D eigenvalue weighted by atomic mass is 16.3. The van der Waals surface area contributed by atoms with E-state index in [1.54, 1.807) is 19.3 Å². The second kappa shape index (κ2) is 9.34. The van der Waals surface area contributed by atoms with Crippen molar-refractivity contribution in [2.45, 2.75) is 19.9 Å². The lowest BCUT2D eigenvalue weighted by Gasteiger charge is -2.11. The van der Waals surface area contributed by atoms with E-state index in [1.807, 2.05) is 25.1 Å². The van der Waals surface area contributed by atoms with Crippen molar-refractivity contribution >= 4 is 11.9 Å². The second-order valence-corrected chi connectivity index (χ2v) is 5.22. The van der Waals surface area contributed by atoms with Crippen LogP contribution in [0, 0.1) is 6.92 Å². The topological polar surface area (TPSA) is 91.5 Å². The fraction of sp³-hybridized carbons (Fsp3) is 0.353. The van der Waals surface area contributed by atoms with Crippen molar-refractivity contribution in [3.8, 4) is 0 Å². The van der Waals surface area contributed by atoms with E-state index < -0.39 is 0 Å². The average molecular weight is 329 g/mol. The van der Waals surface area contributed by atoms with Crippen LogP contribution in [0.2, 0.25) is 0 Å². The molecule has 128 valence electrons. The zero-order chi connectivity index (χ0) is 17.2. The molecular weight excluding hydrogens is 306 g/mol. The van der Waals surface area contributed by atoms with E-state index in [4.69, 9.17) is 4.42 Å². The molecule has 2 aromatic heterocycles. The molecule has 0 unspecified atom stereocenters. The molecule has 0 aromatic carbocycles. The van der Waals surface area contributed by atoms with Gasteiger partial charge in [-0.1, -0.05) is 6.07 Å². The monoisotopic (exact) mass is 329 g/mol. The molecule has 0 saturated heterocycles. The molecule has 0 aliphatic heterocycles. The van der Waals surface area contributed by atoms with Gasteiger partial charge in [-0.05, 0) is 31.5 Å². The van der Waals surface area contributed by atoms with Crippen LogP contribution in [0.5, 0.6) is 0 Å². The van der Waals surface area contributed by atoms with Gasteiger partial charge in [0, 0.05) is 31.9 Å². The largest absolute Gasteiger partial charge is 0.459 e. The van der Waals surface area contributed by atoms with Gasteiger partial charge in [0.25, 0.3) is 5.91 Å². The fourth-order valence-corrected chi connectivity index (χ4v) is 2.08. The van der Waals surface area contributed by atoms with Gasteiger partial charge in [0.2, 0.25) is 0 Å². The van der Waals surface area contributed by atoms with Gasteiger partial charge in [0.1, 0.15) is 0 Å². The van der Waals surface area contributed by atoms with Gasteiger partial charge >= 0.3 is 0 Å². The van der Waals surface area contributed by atoms with E-state index >= 15 is 0 Å². The van der Waals surface area contributed by atoms with E-state index in [2.05, 4.69) is 25.9 Å². The maximum Gasteiger partial charge on any atom is 0.287 e. The Morgan fingerprint density at radius 3 is 2.71 bits per heavy atom. The van der Waals surface area contributed by atoms with Crippen molar-refractivity contribution in [1.29, 1.82) is 0 Å². The zero-order valence-corrected chi connectivity index (χ0v) is 14.0. The van der Waals surface area contributed by atoms with Crippen molar-refractivity contribution < 1.29 is 9.21 Å². The Labute approximate surface area is 141 Å². The average Bonchev–Trinajstić information content (AvgIpc) is 3.04. The quantitative estimate of drug-likeness (QED) is 0.406. The lowest BCUT2D eigenvalue weighted by Crippen LogP contribution is -2.38. The molecule has 1 amide bonds. The van der Waals surface area contributed by atoms with E-state index in [-0.39, 0.29) is 5.91 Å². The van der Waals surface area contributed by atoms with Crippen LogP contribution in [0.15, 0.2) is 46.1 Å². The minimum absolute atomic E-state index is 0.185. The summed E-state index contributed by atoms with van der Waals surface area (Å²) in [5.41, 5.74) is 1.78. The number of hydrogen-bond donors (Lipinski definition) is 3. The molecule has 2 aromatic rings. The van der Waals surface area contributed by atoms with Gasteiger partial charge in [0.15, 0.2) is 11.7 Å². The van der Waals surface area contributed by atoms with Crippen molar-refractivity contribution in [2.75, 3.05) is 20.1 Å². The smallest absolute Gasteiger partial charge is 0.287 e. The summed E-state index contributed by atoms with van der Waals surface area (Å²) in [5.74, 6) is 0.889. The Kier molecular flexibility index (Phi) is 6.82. The van der Waals surface area contributed by atoms with Crippen LogP contribution < -0.4 is 16.0 Å². The molecule has 0 saturated carbocycles. The predicted octanol–water partition coefficient (Wildman–Crippen LogP) is 1.47. The van der Waals surface area contributed by atoms with Gasteiger partial charge in [-0.25, -0.2) is 0 Å². The Balaban J connectivity index is 1.62. The molecule has 0 atom stereocenters. The number of aryl methyl sites for hydroxylation is 1. The molecule has 0 aliphatic carbocycles. The molecule has 7 heteroatoms. The van der Waals surface area contributed by atoms with Crippen LogP contribution in [0.3, 0.4) is 0 Å². The fourth-order valence-electron chi connectivity index (χ4n) is 2.08. The zero-order valence-electron chi connectivity index (χ0n) is 14.0. The molecule has 24 heavy (non-hydrogen) atoms. The lowest BCUT2D eigenvalue weighted by molar-refractivity contribution is 0.0925. The Morgan fingerprint density at radius 2 is 2.04 bits per heavy atom. The number of pyridine rings is 1. The summed E-state index contributed by atoms with van der Waals surface area (Å²) in [5, 5.41) is 9.22. The number of aromatic nitrogens is 1. The van der Waals surface area contributed by atoms with Gasteiger partial charge < -0.3 is 20.4 Å². The normalized spacial score (nSPS) is 11.2. The molecule has 0 fully saturated rings. The molecule has 0 aliphatic rings. The van der Waals surface area contributed by atoms with Crippen LogP contribution >= 0.6 is 0 Å². The van der Waals surface area contributed by atoms with Gasteiger partial charge in [0.05, 0.1) is 18.5 Å². The molecule has 2 rings (SSSR count). The lowest BCUT2D eigenvalue weighted by atomic mass is 10.2. The summed E-state index contributed by atoms with van der Waals surface area (Å²) in [6.45, 7) is 3.70. The summed E-state index contributed by atoms with van der Waals surface area (Å²) in [6.07, 6.45) is 4.05. The highest BCUT2D eigenvalue weighted by molar-refractivity contribution is 5.92. The number of nitrogens with one attached hydrogen (secondary N) is 3. The summed E-state index contributed by atoms with van der Waals surface area (Å²) in [6, 6.07) is 7.55. The summed E-state index contributed by atoms with van der Waals surface area (Å²) >= 11 is 0. The number of rotatable bonds is 7. The SMILES string of the molecule is CN=C(NCCCNC(=O)c1occc1C)NCc1ccccn1. The number of carbonyl (C=O) groups is 1. The number of nitrogens with zero attached hydrogens (tertiary/aromatic N) is 2. The summed E-state index contributed by atoms with van der Waals surface area (Å²) in [7, 11) is 1.72. The van der Waals surface area contributed by atoms with E-state index in [0.717, 1.165) is 17.7 Å². The minimum Gasteiger partial charge on any atom is -0.459 e. The van der Waals surface area contributed by atoms with Gasteiger partial charge in [-0.2, -0.15) is 0 Å². The number of carbonyl (C=O) groups excluding carboxylic acids is 1. The first-order valence-electron chi connectivity index (χ1n) is 7.87.